The fourth-order valence-corrected chi connectivity index (χ4v) is 5.15. The summed E-state index contributed by atoms with van der Waals surface area (Å²) in [5.41, 5.74) is 23.9. The van der Waals surface area contributed by atoms with Crippen LogP contribution in [0.3, 0.4) is 0 Å². The number of amides is 3. The molecule has 14 heteroatoms. The third-order valence-electron chi connectivity index (χ3n) is 7.39. The third-order valence-corrected chi connectivity index (χ3v) is 7.39. The van der Waals surface area contributed by atoms with Gasteiger partial charge in [0.25, 0.3) is 5.91 Å². The van der Waals surface area contributed by atoms with Gasteiger partial charge in [0.15, 0.2) is 6.54 Å². The number of alkyl halides is 3. The minimum absolute atomic E-state index is 0.0504. The van der Waals surface area contributed by atoms with E-state index in [1.165, 1.54) is 18.3 Å². The van der Waals surface area contributed by atoms with Crippen molar-refractivity contribution in [2.75, 3.05) is 44.6 Å². The van der Waals surface area contributed by atoms with Gasteiger partial charge in [-0.25, -0.2) is 0 Å². The number of nitrogens with two attached hydrogens (primary N) is 4. The van der Waals surface area contributed by atoms with E-state index in [0.717, 1.165) is 23.0 Å². The molecule has 2 aromatic carbocycles. The Morgan fingerprint density at radius 1 is 0.932 bits per heavy atom. The van der Waals surface area contributed by atoms with Crippen molar-refractivity contribution in [3.05, 3.63) is 71.9 Å². The van der Waals surface area contributed by atoms with Gasteiger partial charge < -0.3 is 38.1 Å². The van der Waals surface area contributed by atoms with Crippen LogP contribution in [0, 0.1) is 0 Å². The van der Waals surface area contributed by atoms with Crippen LogP contribution in [0.1, 0.15) is 24.0 Å². The molecule has 0 bridgehead atoms. The first-order valence-electron chi connectivity index (χ1n) is 14.3. The summed E-state index contributed by atoms with van der Waals surface area (Å²) in [4.78, 5) is 42.6. The van der Waals surface area contributed by atoms with Crippen LogP contribution in [0.15, 0.2) is 60.8 Å². The summed E-state index contributed by atoms with van der Waals surface area (Å²) in [7, 11) is 0. The van der Waals surface area contributed by atoms with E-state index in [9.17, 15) is 27.6 Å². The van der Waals surface area contributed by atoms with Gasteiger partial charge in [0.05, 0.1) is 48.6 Å². The van der Waals surface area contributed by atoms with Gasteiger partial charge in [0.1, 0.15) is 6.04 Å². The Morgan fingerprint density at radius 2 is 1.59 bits per heavy atom. The van der Waals surface area contributed by atoms with Gasteiger partial charge in [-0.15, -0.1) is 0 Å². The lowest BCUT2D eigenvalue weighted by atomic mass is 10.0. The average Bonchev–Trinajstić information content (AvgIpc) is 2.96. The number of hydrogen-bond donors (Lipinski definition) is 6. The molecular formula is C30H40F3N8O3+. The minimum atomic E-state index is -4.51. The summed E-state index contributed by atoms with van der Waals surface area (Å²) >= 11 is 0. The Balaban J connectivity index is 1.73. The van der Waals surface area contributed by atoms with Crippen LogP contribution >= 0.6 is 0 Å². The highest BCUT2D eigenvalue weighted by molar-refractivity contribution is 5.99. The van der Waals surface area contributed by atoms with Crippen molar-refractivity contribution in [2.24, 2.45) is 22.9 Å². The molecule has 0 radical (unpaired) electrons. The van der Waals surface area contributed by atoms with Crippen LogP contribution in [0.25, 0.3) is 10.9 Å². The molecule has 238 valence electrons. The van der Waals surface area contributed by atoms with Crippen LogP contribution in [0.4, 0.5) is 18.9 Å². The first kappa shape index (κ1) is 34.4. The maximum atomic E-state index is 13.4. The van der Waals surface area contributed by atoms with E-state index in [2.05, 4.69) is 15.6 Å². The summed E-state index contributed by atoms with van der Waals surface area (Å²) < 4.78 is 39.5. The molecule has 3 aromatic rings. The predicted octanol–water partition coefficient (Wildman–Crippen LogP) is 1.25. The van der Waals surface area contributed by atoms with Crippen molar-refractivity contribution >= 4 is 34.3 Å². The van der Waals surface area contributed by atoms with Crippen molar-refractivity contribution in [2.45, 2.75) is 37.5 Å². The maximum Gasteiger partial charge on any atom is 0.416 e. The third kappa shape index (κ3) is 9.98. The van der Waals surface area contributed by atoms with E-state index in [4.69, 9.17) is 22.9 Å². The van der Waals surface area contributed by atoms with Crippen molar-refractivity contribution in [3.8, 4) is 0 Å². The molecule has 0 fully saturated rings. The standard InChI is InChI=1S/C30H39F3N8O3/c31-30(32,33)22-9-7-20(8-10-22)16-26(29(44)39-23-17-21-4-1-2-6-25(21)38-18-23)40-28(43)24(36)5-3-13-41(14-11-34,15-12-35)19-27(37)42/h1-2,4,6-10,17-18,24,26H,3,5,11-16,19,34-36H2,(H3-,37,39,40,42,43,44)/p+1/t24?,26-/m0/s1. The number of aromatic nitrogens is 1. The van der Waals surface area contributed by atoms with E-state index >= 15 is 0 Å². The topological polar surface area (TPSA) is 192 Å². The lowest BCUT2D eigenvalue weighted by molar-refractivity contribution is -0.918. The zero-order chi connectivity index (χ0) is 32.3. The second-order valence-corrected chi connectivity index (χ2v) is 10.8. The number of carbonyl (C=O) groups excluding carboxylic acids is 3. The molecular weight excluding hydrogens is 577 g/mol. The van der Waals surface area contributed by atoms with Crippen molar-refractivity contribution < 1.29 is 32.0 Å². The largest absolute Gasteiger partial charge is 0.416 e. The fourth-order valence-electron chi connectivity index (χ4n) is 5.15. The monoisotopic (exact) mass is 617 g/mol. The molecule has 3 amide bonds. The number of fused-ring (bicyclic) bond motifs is 1. The molecule has 0 aliphatic heterocycles. The molecule has 44 heavy (non-hydrogen) atoms. The number of rotatable bonds is 16. The highest BCUT2D eigenvalue weighted by atomic mass is 19.4. The van der Waals surface area contributed by atoms with Crippen LogP contribution in [-0.2, 0) is 27.0 Å². The van der Waals surface area contributed by atoms with E-state index in [0.29, 0.717) is 50.4 Å². The number of quaternary nitrogens is 1. The Labute approximate surface area is 253 Å². The highest BCUT2D eigenvalue weighted by Gasteiger charge is 2.31. The molecule has 3 rings (SSSR count). The first-order valence-corrected chi connectivity index (χ1v) is 14.3. The van der Waals surface area contributed by atoms with Gasteiger partial charge >= 0.3 is 6.18 Å². The van der Waals surface area contributed by atoms with Crippen LogP contribution < -0.4 is 33.6 Å². The van der Waals surface area contributed by atoms with Crippen molar-refractivity contribution in [3.63, 3.8) is 0 Å². The van der Waals surface area contributed by atoms with Gasteiger partial charge in [-0.3, -0.25) is 19.4 Å². The molecule has 0 saturated carbocycles. The van der Waals surface area contributed by atoms with Crippen molar-refractivity contribution in [1.82, 2.24) is 10.3 Å². The zero-order valence-electron chi connectivity index (χ0n) is 24.4. The second kappa shape index (κ2) is 15.6. The van der Waals surface area contributed by atoms with E-state index in [1.54, 1.807) is 6.07 Å². The Hall–Kier alpha value is -4.11. The number of carbonyl (C=O) groups is 3. The number of halogens is 3. The van der Waals surface area contributed by atoms with Crippen molar-refractivity contribution in [1.29, 1.82) is 0 Å². The van der Waals surface area contributed by atoms with E-state index in [-0.39, 0.29) is 23.9 Å². The molecule has 1 aromatic heterocycles. The lowest BCUT2D eigenvalue weighted by Crippen LogP contribution is -2.58. The number of nitrogens with zero attached hydrogens (tertiary/aromatic N) is 2. The molecule has 0 aliphatic rings. The summed E-state index contributed by atoms with van der Waals surface area (Å²) in [5.74, 6) is -1.70. The normalized spacial score (nSPS) is 13.3. The maximum absolute atomic E-state index is 13.4. The molecule has 11 nitrogen and oxygen atoms in total. The summed E-state index contributed by atoms with van der Waals surface area (Å²) in [5, 5.41) is 6.18. The van der Waals surface area contributed by atoms with Crippen LogP contribution in [0.2, 0.25) is 0 Å². The minimum Gasteiger partial charge on any atom is -0.365 e. The number of para-hydroxylation sites is 1. The molecule has 0 aliphatic carbocycles. The zero-order valence-corrected chi connectivity index (χ0v) is 24.4. The molecule has 1 unspecified atom stereocenters. The quantitative estimate of drug-likeness (QED) is 0.130. The SMILES string of the molecule is NCC[N+](CCN)(CCCC(N)C(=O)N[C@@H](Cc1ccc(C(F)(F)F)cc1)C(=O)Nc1cnc2ccccc2c1)CC(N)=O. The Morgan fingerprint density at radius 3 is 2.20 bits per heavy atom. The average molecular weight is 618 g/mol. The highest BCUT2D eigenvalue weighted by Crippen LogP contribution is 2.29. The number of hydrogen-bond acceptors (Lipinski definition) is 7. The van der Waals surface area contributed by atoms with Crippen LogP contribution in [-0.4, -0.2) is 78.5 Å². The number of pyridine rings is 1. The smallest absolute Gasteiger partial charge is 0.365 e. The predicted molar refractivity (Wildman–Crippen MR) is 162 cm³/mol. The molecule has 10 N–H and O–H groups in total. The van der Waals surface area contributed by atoms with Gasteiger partial charge in [-0.05, 0) is 42.7 Å². The fraction of sp³-hybridized carbons (Fsp3) is 0.400. The number of anilines is 1. The lowest BCUT2D eigenvalue weighted by Gasteiger charge is -2.37. The molecule has 2 atom stereocenters. The second-order valence-electron chi connectivity index (χ2n) is 10.8. The summed E-state index contributed by atoms with van der Waals surface area (Å²) in [6.07, 6.45) is -2.46. The number of primary amides is 1. The molecule has 1 heterocycles. The van der Waals surface area contributed by atoms with Gasteiger partial charge in [-0.1, -0.05) is 30.3 Å². The first-order chi connectivity index (χ1) is 20.9. The van der Waals surface area contributed by atoms with Gasteiger partial charge in [0.2, 0.25) is 11.8 Å². The van der Waals surface area contributed by atoms with Gasteiger partial charge in [-0.2, -0.15) is 13.2 Å². The summed E-state index contributed by atoms with van der Waals surface area (Å²) in [6, 6.07) is 11.2. The Bertz CT molecular complexity index is 1410. The number of benzene rings is 2. The molecule has 0 spiro atoms. The molecule has 0 saturated heterocycles. The van der Waals surface area contributed by atoms with E-state index in [1.807, 2.05) is 24.3 Å². The van der Waals surface area contributed by atoms with Gasteiger partial charge in [0, 0.05) is 24.9 Å². The Kier molecular flexibility index (Phi) is 12.2. The summed E-state index contributed by atoms with van der Waals surface area (Å²) in [6.45, 7) is 2.08. The number of nitrogens with one attached hydrogen (secondary N) is 2. The van der Waals surface area contributed by atoms with E-state index < -0.39 is 41.5 Å². The van der Waals surface area contributed by atoms with Crippen LogP contribution in [0.5, 0.6) is 0 Å².